The van der Waals surface area contributed by atoms with Crippen LogP contribution in [0.3, 0.4) is 0 Å². The van der Waals surface area contributed by atoms with E-state index in [1.54, 1.807) is 0 Å². The molecule has 4 N–H and O–H groups in total. The fourth-order valence-corrected chi connectivity index (χ4v) is 0.766. The van der Waals surface area contributed by atoms with Gasteiger partial charge in [-0.05, 0) is 6.92 Å². The van der Waals surface area contributed by atoms with Crippen molar-refractivity contribution in [3.63, 3.8) is 0 Å². The largest absolute Gasteiger partial charge is 0.337 e. The lowest BCUT2D eigenvalue weighted by Gasteiger charge is -1.81. The van der Waals surface area contributed by atoms with Crippen LogP contribution in [0.25, 0.3) is 0 Å². The van der Waals surface area contributed by atoms with Gasteiger partial charge in [0.2, 0.25) is 6.33 Å². The molecule has 0 atom stereocenters. The number of nitrogens with two attached hydrogens (primary N) is 2. The first-order valence-corrected chi connectivity index (χ1v) is 4.26. The van der Waals surface area contributed by atoms with Gasteiger partial charge in [-0.25, -0.2) is 9.13 Å². The molecule has 0 spiro atoms. The van der Waals surface area contributed by atoms with Crippen molar-refractivity contribution in [1.82, 2.24) is 4.57 Å². The minimum Gasteiger partial charge on any atom is -0.337 e. The van der Waals surface area contributed by atoms with Crippen molar-refractivity contribution in [2.75, 3.05) is 0 Å². The maximum Gasteiger partial charge on any atom is 0.244 e. The number of aryl methyl sites for hydroxylation is 1. The lowest BCUT2D eigenvalue weighted by molar-refractivity contribution is -0.671. The van der Waals surface area contributed by atoms with Gasteiger partial charge in [0.15, 0.2) is 18.9 Å². The van der Waals surface area contributed by atoms with Crippen LogP contribution in [0.1, 0.15) is 6.92 Å². The van der Waals surface area contributed by atoms with Crippen molar-refractivity contribution in [1.29, 1.82) is 10.5 Å². The highest BCUT2D eigenvalue weighted by atomic mass is 15.1. The van der Waals surface area contributed by atoms with Gasteiger partial charge < -0.3 is 11.5 Å². The lowest BCUT2D eigenvalue weighted by Crippen LogP contribution is -2.23. The Bertz CT molecular complexity index is 397. The molecule has 6 nitrogen and oxygen atoms in total. The van der Waals surface area contributed by atoms with Crippen LogP contribution in [-0.4, -0.2) is 4.57 Å². The minimum absolute atomic E-state index is 0.789. The van der Waals surface area contributed by atoms with Crippen LogP contribution < -0.4 is 16.0 Å². The molecule has 0 unspecified atom stereocenters. The van der Waals surface area contributed by atoms with Gasteiger partial charge in [0.1, 0.15) is 12.4 Å². The van der Waals surface area contributed by atoms with E-state index < -0.39 is 0 Å². The van der Waals surface area contributed by atoms with Crippen molar-refractivity contribution in [3.05, 3.63) is 18.7 Å². The number of imidazole rings is 1. The van der Waals surface area contributed by atoms with Crippen LogP contribution in [0.15, 0.2) is 18.7 Å². The summed E-state index contributed by atoms with van der Waals surface area (Å²) in [5.41, 5.74) is 8.31. The molecule has 1 aromatic rings. The van der Waals surface area contributed by atoms with E-state index in [9.17, 15) is 0 Å². The van der Waals surface area contributed by atoms with E-state index in [4.69, 9.17) is 10.5 Å². The van der Waals surface area contributed by atoms with Gasteiger partial charge in [-0.3, -0.25) is 0 Å². The monoisotopic (exact) mass is 219 g/mol. The van der Waals surface area contributed by atoms with Crippen LogP contribution in [0.4, 0.5) is 0 Å². The van der Waals surface area contributed by atoms with Crippen molar-refractivity contribution < 1.29 is 4.57 Å². The van der Waals surface area contributed by atoms with Crippen LogP contribution in [-0.2, 0) is 13.6 Å². The molecule has 0 saturated heterocycles. The minimum atomic E-state index is 0.789. The fraction of sp³-hybridized carbons (Fsp3) is 0.300. The summed E-state index contributed by atoms with van der Waals surface area (Å²) < 4.78 is 4.04. The van der Waals surface area contributed by atoms with Crippen molar-refractivity contribution in [2.24, 2.45) is 18.5 Å². The van der Waals surface area contributed by atoms with E-state index in [0.29, 0.717) is 0 Å². The van der Waals surface area contributed by atoms with Crippen molar-refractivity contribution in [3.8, 4) is 24.2 Å². The average Bonchev–Trinajstić information content (AvgIpc) is 2.64. The Morgan fingerprint density at radius 1 is 1.31 bits per heavy atom. The molecule has 0 radical (unpaired) electrons. The van der Waals surface area contributed by atoms with E-state index in [0.717, 1.165) is 6.54 Å². The molecular weight excluding hydrogens is 204 g/mol. The predicted octanol–water partition coefficient (Wildman–Crippen LogP) is -0.812. The second kappa shape index (κ2) is 12.3. The first-order valence-electron chi connectivity index (χ1n) is 4.26. The Hall–Kier alpha value is -2.65. The molecule has 0 fully saturated rings. The van der Waals surface area contributed by atoms with E-state index in [1.165, 1.54) is 12.4 Å². The quantitative estimate of drug-likeness (QED) is 0.278. The predicted molar refractivity (Wildman–Crippen MR) is 58.7 cm³/mol. The van der Waals surface area contributed by atoms with E-state index >= 15 is 0 Å². The first kappa shape index (κ1) is 15.8. The molecule has 0 aromatic carbocycles. The summed E-state index contributed by atoms with van der Waals surface area (Å²) in [7, 11) is 2.00. The third kappa shape index (κ3) is 11.4. The van der Waals surface area contributed by atoms with Crippen molar-refractivity contribution >= 4 is 0 Å². The summed E-state index contributed by atoms with van der Waals surface area (Å²) in [4.78, 5) is 0. The summed E-state index contributed by atoms with van der Waals surface area (Å²) in [5, 5.41) is 14.2. The third-order valence-corrected chi connectivity index (χ3v) is 1.26. The number of hydrogen-bond donors (Lipinski definition) is 2. The Morgan fingerprint density at radius 3 is 2.12 bits per heavy atom. The van der Waals surface area contributed by atoms with Crippen LogP contribution in [0, 0.1) is 34.8 Å². The smallest absolute Gasteiger partial charge is 0.244 e. The molecule has 0 bridgehead atoms. The summed E-state index contributed by atoms with van der Waals surface area (Å²) >= 11 is 0. The van der Waals surface area contributed by atoms with Gasteiger partial charge >= 0.3 is 0 Å². The average molecular weight is 219 g/mol. The molecule has 84 valence electrons. The van der Waals surface area contributed by atoms with Gasteiger partial charge in [0, 0.05) is 0 Å². The molecule has 1 aromatic heterocycles. The molecule has 6 heteroatoms. The van der Waals surface area contributed by atoms with Crippen LogP contribution in [0.5, 0.6) is 0 Å². The molecule has 16 heavy (non-hydrogen) atoms. The topological polar surface area (TPSA) is 108 Å². The molecule has 1 heterocycles. The van der Waals surface area contributed by atoms with Gasteiger partial charge in [-0.15, -0.1) is 5.92 Å². The summed E-state index contributed by atoms with van der Waals surface area (Å²) in [5.74, 6) is 5.82. The lowest BCUT2D eigenvalue weighted by atomic mass is 10.6. The maximum atomic E-state index is 7.10. The molecule has 0 aliphatic heterocycles. The van der Waals surface area contributed by atoms with Gasteiger partial charge in [0.25, 0.3) is 0 Å². The fourth-order valence-electron chi connectivity index (χ4n) is 0.766. The van der Waals surface area contributed by atoms with Gasteiger partial charge in [0.05, 0.1) is 7.05 Å². The van der Waals surface area contributed by atoms with Crippen molar-refractivity contribution in [2.45, 2.75) is 13.5 Å². The SMILES string of the molecule is CC#CCn1cc[n+](C)c1.N#CN.N#CN. The van der Waals surface area contributed by atoms with Crippen LogP contribution >= 0.6 is 0 Å². The summed E-state index contributed by atoms with van der Waals surface area (Å²) in [6, 6.07) is 0. The van der Waals surface area contributed by atoms with Gasteiger partial charge in [-0.1, -0.05) is 5.92 Å². The standard InChI is InChI=1S/C8H11N2.2CH2N2/c1-3-4-5-10-7-6-9(2)8-10;2*2-1-3/h6-8H,5H2,1-2H3;2*2H2/q+1;;. The number of aromatic nitrogens is 2. The molecular formula is C10H15N6+. The zero-order valence-corrected chi connectivity index (χ0v) is 9.38. The normalized spacial score (nSPS) is 6.25. The Morgan fingerprint density at radius 2 is 1.81 bits per heavy atom. The Kier molecular flexibility index (Phi) is 12.2. The molecule has 1 rings (SSSR count). The number of hydrogen-bond acceptors (Lipinski definition) is 4. The molecule has 0 aliphatic carbocycles. The highest BCUT2D eigenvalue weighted by Crippen LogP contribution is 1.80. The molecule has 0 aliphatic rings. The van der Waals surface area contributed by atoms with Gasteiger partial charge in [-0.2, -0.15) is 10.5 Å². The molecule has 0 amide bonds. The Labute approximate surface area is 95.3 Å². The summed E-state index contributed by atoms with van der Waals surface area (Å²) in [6.45, 7) is 2.64. The zero-order valence-electron chi connectivity index (χ0n) is 9.38. The van der Waals surface area contributed by atoms with Crippen LogP contribution in [0.2, 0.25) is 0 Å². The van der Waals surface area contributed by atoms with E-state index in [-0.39, 0.29) is 0 Å². The number of nitriles is 2. The zero-order chi connectivity index (χ0) is 12.8. The van der Waals surface area contributed by atoms with E-state index in [2.05, 4.69) is 23.3 Å². The molecule has 0 saturated carbocycles. The first-order chi connectivity index (χ1) is 7.65. The highest BCUT2D eigenvalue weighted by molar-refractivity contribution is 4.95. The Balaban J connectivity index is 0. The third-order valence-electron chi connectivity index (χ3n) is 1.26. The second-order valence-corrected chi connectivity index (χ2v) is 2.44. The second-order valence-electron chi connectivity index (χ2n) is 2.44. The summed E-state index contributed by atoms with van der Waals surface area (Å²) in [6.07, 6.45) is 8.51. The maximum absolute atomic E-state index is 7.10. The van der Waals surface area contributed by atoms with E-state index in [1.807, 2.05) is 41.8 Å². The number of rotatable bonds is 1. The number of nitrogens with zero attached hydrogens (tertiary/aromatic N) is 4. The highest BCUT2D eigenvalue weighted by Gasteiger charge is 1.94.